The number of aliphatic carboxylic acids is 5. The van der Waals surface area contributed by atoms with Gasteiger partial charge in [0.1, 0.15) is 0 Å². The van der Waals surface area contributed by atoms with Crippen LogP contribution in [0.25, 0.3) is 0 Å². The zero-order chi connectivity index (χ0) is 29.6. The summed E-state index contributed by atoms with van der Waals surface area (Å²) >= 11 is 0. The Balaban J connectivity index is 0. The molecule has 0 fully saturated rings. The van der Waals surface area contributed by atoms with Gasteiger partial charge in [0, 0.05) is 18.5 Å². The maximum Gasteiger partial charge on any atom is 0.336 e. The maximum absolute atomic E-state index is 12.5. The van der Waals surface area contributed by atoms with Gasteiger partial charge in [-0.15, -0.1) is 0 Å². The molecule has 13 heteroatoms. The van der Waals surface area contributed by atoms with E-state index in [1.807, 2.05) is 41.5 Å². The molecule has 216 valence electrons. The second-order valence-corrected chi connectivity index (χ2v) is 8.86. The molecule has 0 spiro atoms. The average Bonchev–Trinajstić information content (AvgIpc) is 2.77. The first-order chi connectivity index (χ1) is 17.0. The van der Waals surface area contributed by atoms with Crippen LogP contribution < -0.4 is 0 Å². The number of carboxylic acid groups (broad SMARTS) is 5. The van der Waals surface area contributed by atoms with E-state index in [4.69, 9.17) is 25.5 Å². The van der Waals surface area contributed by atoms with Crippen LogP contribution in [0.5, 0.6) is 0 Å². The van der Waals surface area contributed by atoms with Crippen LogP contribution in [-0.4, -0.2) is 114 Å². The van der Waals surface area contributed by atoms with Crippen molar-refractivity contribution < 1.29 is 54.6 Å². The summed E-state index contributed by atoms with van der Waals surface area (Å²) in [7, 11) is 0. The van der Waals surface area contributed by atoms with Crippen molar-refractivity contribution in [1.29, 1.82) is 0 Å². The second-order valence-electron chi connectivity index (χ2n) is 8.86. The van der Waals surface area contributed by atoms with Crippen LogP contribution in [-0.2, 0) is 24.0 Å². The highest BCUT2D eigenvalue weighted by molar-refractivity contribution is 5.88. The van der Waals surface area contributed by atoms with Crippen LogP contribution in [0.2, 0.25) is 0 Å². The molecule has 37 heavy (non-hydrogen) atoms. The van der Waals surface area contributed by atoms with Crippen molar-refractivity contribution in [3.63, 3.8) is 0 Å². The minimum atomic E-state index is -2.74. The lowest BCUT2D eigenvalue weighted by molar-refractivity contribution is -0.170. The largest absolute Gasteiger partial charge is 0.481 e. The summed E-state index contributed by atoms with van der Waals surface area (Å²) in [4.78, 5) is 58.2. The molecule has 6 N–H and O–H groups in total. The Labute approximate surface area is 217 Å². The number of hydrogen-bond acceptors (Lipinski definition) is 8. The third kappa shape index (κ3) is 11.0. The van der Waals surface area contributed by atoms with Crippen LogP contribution in [0.3, 0.4) is 0 Å². The summed E-state index contributed by atoms with van der Waals surface area (Å²) in [6.45, 7) is 15.2. The summed E-state index contributed by atoms with van der Waals surface area (Å²) in [6.07, 6.45) is -1.54. The number of hydrogen-bond donors (Lipinski definition) is 6. The molecular weight excluding hydrogens is 492 g/mol. The van der Waals surface area contributed by atoms with E-state index in [9.17, 15) is 29.1 Å². The normalized spacial score (nSPS) is 14.7. The van der Waals surface area contributed by atoms with Gasteiger partial charge in [0.05, 0.1) is 18.3 Å². The summed E-state index contributed by atoms with van der Waals surface area (Å²) in [5, 5.41) is 53.0. The highest BCUT2D eigenvalue weighted by atomic mass is 16.4. The van der Waals surface area contributed by atoms with E-state index in [2.05, 4.69) is 9.80 Å². The summed E-state index contributed by atoms with van der Waals surface area (Å²) < 4.78 is 0. The van der Waals surface area contributed by atoms with E-state index in [1.165, 1.54) is 0 Å². The SMILES string of the molecule is CCN(CC)C(C)C(CCCC(=O)O)(C(=O)O)C(C)N(CC)CC.O=C(O)CC(O)(CC(=O)O)C(=O)O. The smallest absolute Gasteiger partial charge is 0.336 e. The predicted octanol–water partition coefficient (Wildman–Crippen LogP) is 1.52. The van der Waals surface area contributed by atoms with Crippen molar-refractivity contribution in [3.05, 3.63) is 0 Å². The van der Waals surface area contributed by atoms with Gasteiger partial charge in [-0.2, -0.15) is 0 Å². The van der Waals surface area contributed by atoms with Crippen molar-refractivity contribution in [2.45, 2.75) is 91.3 Å². The molecule has 0 bridgehead atoms. The van der Waals surface area contributed by atoms with Crippen molar-refractivity contribution in [1.82, 2.24) is 9.80 Å². The summed E-state index contributed by atoms with van der Waals surface area (Å²) in [5.41, 5.74) is -3.73. The zero-order valence-corrected chi connectivity index (χ0v) is 22.6. The molecule has 0 aromatic carbocycles. The molecule has 0 aliphatic rings. The first-order valence-corrected chi connectivity index (χ1v) is 12.3. The van der Waals surface area contributed by atoms with E-state index in [0.717, 1.165) is 26.2 Å². The van der Waals surface area contributed by atoms with Gasteiger partial charge in [0.2, 0.25) is 0 Å². The minimum Gasteiger partial charge on any atom is -0.481 e. The van der Waals surface area contributed by atoms with Crippen molar-refractivity contribution in [2.75, 3.05) is 26.2 Å². The third-order valence-corrected chi connectivity index (χ3v) is 6.88. The maximum atomic E-state index is 12.5. The van der Waals surface area contributed by atoms with Gasteiger partial charge >= 0.3 is 29.8 Å². The number of carboxylic acids is 5. The Morgan fingerprint density at radius 2 is 1.00 bits per heavy atom. The van der Waals surface area contributed by atoms with Crippen LogP contribution in [0, 0.1) is 5.41 Å². The molecule has 2 unspecified atom stereocenters. The highest BCUT2D eigenvalue weighted by Gasteiger charge is 2.51. The average molecular weight is 537 g/mol. The lowest BCUT2D eigenvalue weighted by atomic mass is 9.69. The van der Waals surface area contributed by atoms with Gasteiger partial charge in [-0.1, -0.05) is 27.7 Å². The predicted molar refractivity (Wildman–Crippen MR) is 133 cm³/mol. The van der Waals surface area contributed by atoms with Gasteiger partial charge < -0.3 is 40.4 Å². The topological polar surface area (TPSA) is 213 Å². The van der Waals surface area contributed by atoms with Crippen LogP contribution in [0.15, 0.2) is 0 Å². The Hall–Kier alpha value is -2.77. The Bertz CT molecular complexity index is 730. The van der Waals surface area contributed by atoms with Gasteiger partial charge in [0.25, 0.3) is 0 Å². The zero-order valence-electron chi connectivity index (χ0n) is 22.6. The molecule has 0 aromatic rings. The highest BCUT2D eigenvalue weighted by Crippen LogP contribution is 2.39. The van der Waals surface area contributed by atoms with Crippen LogP contribution in [0.4, 0.5) is 0 Å². The Morgan fingerprint density at radius 1 is 0.649 bits per heavy atom. The Morgan fingerprint density at radius 3 is 1.22 bits per heavy atom. The van der Waals surface area contributed by atoms with E-state index >= 15 is 0 Å². The molecule has 0 saturated heterocycles. The quantitative estimate of drug-likeness (QED) is 0.147. The molecule has 0 aromatic heterocycles. The summed E-state index contributed by atoms with van der Waals surface area (Å²) in [6, 6.07) is -0.344. The van der Waals surface area contributed by atoms with E-state index in [1.54, 1.807) is 0 Å². The number of nitrogens with zero attached hydrogens (tertiary/aromatic N) is 2. The van der Waals surface area contributed by atoms with Gasteiger partial charge in [-0.05, 0) is 52.9 Å². The number of carbonyl (C=O) groups is 5. The molecule has 0 radical (unpaired) electrons. The second kappa shape index (κ2) is 16.9. The van der Waals surface area contributed by atoms with E-state index < -0.39 is 53.7 Å². The van der Waals surface area contributed by atoms with E-state index in [-0.39, 0.29) is 18.5 Å². The number of rotatable bonds is 18. The lowest BCUT2D eigenvalue weighted by Gasteiger charge is -2.48. The number of aliphatic hydroxyl groups is 1. The lowest BCUT2D eigenvalue weighted by Crippen LogP contribution is -2.60. The first kappa shape index (κ1) is 36.4. The standard InChI is InChI=1S/C18H36N2O4.C6H8O7/c1-7-19(8-2)14(5)18(17(23)24,13-11-12-16(21)22)15(6)20(9-3)10-4;7-3(8)1-6(13,5(11)12)2-4(9)10/h14-15H,7-13H2,1-6H3,(H,21,22)(H,23,24);13H,1-2H2,(H,7,8)(H,9,10)(H,11,12). The molecule has 0 amide bonds. The molecule has 13 nitrogen and oxygen atoms in total. The fraction of sp³-hybridized carbons (Fsp3) is 0.792. The molecule has 2 atom stereocenters. The molecule has 0 rings (SSSR count). The van der Waals surface area contributed by atoms with E-state index in [0.29, 0.717) is 12.8 Å². The van der Waals surface area contributed by atoms with Crippen LogP contribution in [0.1, 0.15) is 73.6 Å². The van der Waals surface area contributed by atoms with Crippen LogP contribution >= 0.6 is 0 Å². The molecule has 0 aliphatic carbocycles. The van der Waals surface area contributed by atoms with Gasteiger partial charge in [0.15, 0.2) is 5.60 Å². The van der Waals surface area contributed by atoms with Crippen molar-refractivity contribution in [2.24, 2.45) is 5.41 Å². The fourth-order valence-electron chi connectivity index (χ4n) is 4.67. The molecule has 0 aliphatic heterocycles. The monoisotopic (exact) mass is 536 g/mol. The van der Waals surface area contributed by atoms with Crippen molar-refractivity contribution in [3.8, 4) is 0 Å². The van der Waals surface area contributed by atoms with Gasteiger partial charge in [-0.3, -0.25) is 19.2 Å². The van der Waals surface area contributed by atoms with Crippen molar-refractivity contribution >= 4 is 29.8 Å². The fourth-order valence-corrected chi connectivity index (χ4v) is 4.67. The third-order valence-electron chi connectivity index (χ3n) is 6.88. The molecular formula is C24H44N2O11. The molecule has 0 heterocycles. The minimum absolute atomic E-state index is 0.00493. The first-order valence-electron chi connectivity index (χ1n) is 12.3. The van der Waals surface area contributed by atoms with Gasteiger partial charge in [-0.25, -0.2) is 4.79 Å². The Kier molecular flexibility index (Phi) is 16.6. The molecule has 0 saturated carbocycles. The summed E-state index contributed by atoms with van der Waals surface area (Å²) in [5.74, 6) is -6.72.